The van der Waals surface area contributed by atoms with Crippen molar-refractivity contribution in [3.63, 3.8) is 0 Å². The lowest BCUT2D eigenvalue weighted by molar-refractivity contribution is -0.0121. The molecule has 0 aliphatic heterocycles. The van der Waals surface area contributed by atoms with E-state index in [2.05, 4.69) is 14.7 Å². The monoisotopic (exact) mass is 775 g/mol. The standard InChI is InChI=1S/C51H78N6/c1-4-10-43(11-5-1)55(49-25-34-16-35(26-49)18-36(17-34)27-49)46-52-47(56(44-12-6-2-7-13-44)50-28-37-19-38(29-50)21-39(20-37)30-50)54-48(53-46)57(45-14-8-3-9-15-45)51-31-40-22-41(32-51)24-42(23-40)33-51/h34-45H,1-33H2. The van der Waals surface area contributed by atoms with E-state index in [4.69, 9.17) is 15.0 Å². The summed E-state index contributed by atoms with van der Waals surface area (Å²) >= 11 is 0. The van der Waals surface area contributed by atoms with Gasteiger partial charge in [-0.1, -0.05) is 57.8 Å². The maximum Gasteiger partial charge on any atom is 0.232 e. The van der Waals surface area contributed by atoms with Crippen molar-refractivity contribution >= 4 is 17.8 Å². The first-order chi connectivity index (χ1) is 28.0. The van der Waals surface area contributed by atoms with Gasteiger partial charge in [-0.25, -0.2) is 0 Å². The van der Waals surface area contributed by atoms with Crippen LogP contribution < -0.4 is 14.7 Å². The van der Waals surface area contributed by atoms with E-state index in [1.165, 1.54) is 230 Å². The quantitative estimate of drug-likeness (QED) is 0.249. The van der Waals surface area contributed by atoms with Crippen LogP contribution in [-0.2, 0) is 0 Å². The van der Waals surface area contributed by atoms with Crippen molar-refractivity contribution in [1.29, 1.82) is 0 Å². The fraction of sp³-hybridized carbons (Fsp3) is 0.941. The molecule has 6 heteroatoms. The highest BCUT2D eigenvalue weighted by Gasteiger charge is 2.60. The van der Waals surface area contributed by atoms with Gasteiger partial charge in [-0.3, -0.25) is 0 Å². The molecule has 15 saturated carbocycles. The molecule has 6 nitrogen and oxygen atoms in total. The smallest absolute Gasteiger partial charge is 0.232 e. The van der Waals surface area contributed by atoms with Crippen LogP contribution in [0, 0.1) is 53.3 Å². The van der Waals surface area contributed by atoms with E-state index in [0.29, 0.717) is 18.1 Å². The molecule has 1 heterocycles. The van der Waals surface area contributed by atoms with Crippen molar-refractivity contribution in [3.8, 4) is 0 Å². The summed E-state index contributed by atoms with van der Waals surface area (Å²) in [6.45, 7) is 0. The van der Waals surface area contributed by atoms with Crippen LogP contribution in [0.5, 0.6) is 0 Å². The summed E-state index contributed by atoms with van der Waals surface area (Å²) in [7, 11) is 0. The molecule has 0 spiro atoms. The largest absolute Gasteiger partial charge is 0.332 e. The van der Waals surface area contributed by atoms with Gasteiger partial charge in [0.15, 0.2) is 0 Å². The first kappa shape index (κ1) is 36.1. The first-order valence-corrected chi connectivity index (χ1v) is 26.1. The van der Waals surface area contributed by atoms with Gasteiger partial charge in [-0.15, -0.1) is 0 Å². The van der Waals surface area contributed by atoms with E-state index >= 15 is 0 Å². The molecule has 0 N–H and O–H groups in total. The predicted molar refractivity (Wildman–Crippen MR) is 231 cm³/mol. The van der Waals surface area contributed by atoms with E-state index in [1.54, 1.807) is 0 Å². The molecule has 0 radical (unpaired) electrons. The number of anilines is 3. The molecule has 312 valence electrons. The van der Waals surface area contributed by atoms with Crippen LogP contribution in [-0.4, -0.2) is 49.7 Å². The molecule has 1 aromatic heterocycles. The molecule has 0 amide bonds. The normalized spacial score (nSPS) is 46.2. The zero-order valence-electron chi connectivity index (χ0n) is 35.9. The van der Waals surface area contributed by atoms with Gasteiger partial charge in [0.05, 0.1) is 0 Å². The van der Waals surface area contributed by atoms with Crippen LogP contribution in [0.1, 0.15) is 212 Å². The average Bonchev–Trinajstić information content (AvgIpc) is 3.18. The molecule has 16 rings (SSSR count). The lowest BCUT2D eigenvalue weighted by Gasteiger charge is -2.63. The van der Waals surface area contributed by atoms with Crippen molar-refractivity contribution in [1.82, 2.24) is 15.0 Å². The minimum atomic E-state index is 0.263. The highest BCUT2D eigenvalue weighted by Crippen LogP contribution is 2.63. The predicted octanol–water partition coefficient (Wildman–Crippen LogP) is 12.2. The second-order valence-corrected chi connectivity index (χ2v) is 24.6. The van der Waals surface area contributed by atoms with E-state index in [-0.39, 0.29) is 16.6 Å². The lowest BCUT2D eigenvalue weighted by Crippen LogP contribution is -2.65. The molecule has 0 aromatic carbocycles. The molecule has 12 bridgehead atoms. The van der Waals surface area contributed by atoms with E-state index in [1.807, 2.05) is 0 Å². The Bertz CT molecular complexity index is 1340. The zero-order chi connectivity index (χ0) is 37.3. The highest BCUT2D eigenvalue weighted by atomic mass is 15.5. The minimum absolute atomic E-state index is 0.263. The van der Waals surface area contributed by atoms with Crippen LogP contribution in [0.15, 0.2) is 0 Å². The fourth-order valence-electron chi connectivity index (χ4n) is 20.1. The maximum absolute atomic E-state index is 6.18. The molecular formula is C51H78N6. The van der Waals surface area contributed by atoms with Crippen LogP contribution in [0.4, 0.5) is 17.8 Å². The number of hydrogen-bond acceptors (Lipinski definition) is 6. The number of aromatic nitrogens is 3. The molecule has 1 aromatic rings. The third-order valence-corrected chi connectivity index (χ3v) is 20.6. The Morgan fingerprint density at radius 1 is 0.281 bits per heavy atom. The number of hydrogen-bond donors (Lipinski definition) is 0. The molecule has 0 saturated heterocycles. The Hall–Kier alpha value is -1.59. The first-order valence-electron chi connectivity index (χ1n) is 26.1. The summed E-state index contributed by atoms with van der Waals surface area (Å²) in [6.07, 6.45) is 47.0. The van der Waals surface area contributed by atoms with Gasteiger partial charge in [-0.05, 0) is 207 Å². The molecule has 15 aliphatic carbocycles. The van der Waals surface area contributed by atoms with Gasteiger partial charge < -0.3 is 14.7 Å². The van der Waals surface area contributed by atoms with Crippen molar-refractivity contribution in [2.45, 2.75) is 247 Å². The van der Waals surface area contributed by atoms with Gasteiger partial charge in [0.1, 0.15) is 0 Å². The van der Waals surface area contributed by atoms with E-state index in [0.717, 1.165) is 53.3 Å². The number of rotatable bonds is 9. The summed E-state index contributed by atoms with van der Waals surface area (Å²) in [5, 5.41) is 0. The molecule has 0 unspecified atom stereocenters. The minimum Gasteiger partial charge on any atom is -0.332 e. The molecule has 0 atom stereocenters. The Balaban J connectivity index is 1.01. The lowest BCUT2D eigenvalue weighted by atomic mass is 9.52. The summed E-state index contributed by atoms with van der Waals surface area (Å²) in [6, 6.07) is 1.80. The summed E-state index contributed by atoms with van der Waals surface area (Å²) in [5.74, 6) is 11.9. The summed E-state index contributed by atoms with van der Waals surface area (Å²) in [5.41, 5.74) is 0.790. The van der Waals surface area contributed by atoms with Crippen LogP contribution in [0.2, 0.25) is 0 Å². The van der Waals surface area contributed by atoms with E-state index < -0.39 is 0 Å². The Kier molecular flexibility index (Phi) is 8.68. The molecule has 15 aliphatic rings. The van der Waals surface area contributed by atoms with Crippen molar-refractivity contribution < 1.29 is 0 Å². The number of nitrogens with zero attached hydrogens (tertiary/aromatic N) is 6. The third-order valence-electron chi connectivity index (χ3n) is 20.6. The fourth-order valence-corrected chi connectivity index (χ4v) is 20.1. The molecule has 15 fully saturated rings. The van der Waals surface area contributed by atoms with Crippen molar-refractivity contribution in [3.05, 3.63) is 0 Å². The van der Waals surface area contributed by atoms with Gasteiger partial charge >= 0.3 is 0 Å². The van der Waals surface area contributed by atoms with Crippen LogP contribution in [0.3, 0.4) is 0 Å². The molecular weight excluding hydrogens is 697 g/mol. The highest BCUT2D eigenvalue weighted by molar-refractivity contribution is 5.54. The second kappa shape index (κ2) is 13.7. The summed E-state index contributed by atoms with van der Waals surface area (Å²) in [4.78, 5) is 27.8. The van der Waals surface area contributed by atoms with Crippen molar-refractivity contribution in [2.24, 2.45) is 53.3 Å². The zero-order valence-corrected chi connectivity index (χ0v) is 35.9. The third kappa shape index (κ3) is 6.03. The maximum atomic E-state index is 6.18. The van der Waals surface area contributed by atoms with Crippen LogP contribution in [0.25, 0.3) is 0 Å². The van der Waals surface area contributed by atoms with Gasteiger partial charge in [0.25, 0.3) is 0 Å². The van der Waals surface area contributed by atoms with Gasteiger partial charge in [-0.2, -0.15) is 15.0 Å². The topological polar surface area (TPSA) is 48.4 Å². The summed E-state index contributed by atoms with van der Waals surface area (Å²) < 4.78 is 0. The second-order valence-electron chi connectivity index (χ2n) is 24.6. The SMILES string of the molecule is C1CCC(N(c2nc(N(C3CCCCC3)C34CC5CC(CC(C5)C3)C4)nc(N(C3CCCCC3)C34CC5CC(CC(C5)C3)C4)n2)C23CC4CC(CC(C4)C2)C3)CC1. The Morgan fingerprint density at radius 3 is 0.667 bits per heavy atom. The van der Waals surface area contributed by atoms with Gasteiger partial charge in [0.2, 0.25) is 17.8 Å². The average molecular weight is 775 g/mol. The molecule has 57 heavy (non-hydrogen) atoms. The van der Waals surface area contributed by atoms with Gasteiger partial charge in [0, 0.05) is 34.7 Å². The Labute approximate surface area is 346 Å². The Morgan fingerprint density at radius 2 is 0.474 bits per heavy atom. The van der Waals surface area contributed by atoms with E-state index in [9.17, 15) is 0 Å². The van der Waals surface area contributed by atoms with Crippen molar-refractivity contribution in [2.75, 3.05) is 14.7 Å². The van der Waals surface area contributed by atoms with Crippen LogP contribution >= 0.6 is 0 Å².